The van der Waals surface area contributed by atoms with Crippen LogP contribution in [-0.4, -0.2) is 52.8 Å². The molecule has 1 saturated heterocycles. The van der Waals surface area contributed by atoms with Crippen LogP contribution in [0.2, 0.25) is 0 Å². The molecule has 1 aliphatic rings. The highest BCUT2D eigenvalue weighted by atomic mass is 16.3. The highest BCUT2D eigenvalue weighted by Gasteiger charge is 2.26. The molecule has 0 aliphatic carbocycles. The van der Waals surface area contributed by atoms with Gasteiger partial charge in [0.05, 0.1) is 11.8 Å². The topological polar surface area (TPSA) is 69.6 Å². The lowest BCUT2D eigenvalue weighted by molar-refractivity contribution is 0.0700. The third-order valence-corrected chi connectivity index (χ3v) is 4.91. The van der Waals surface area contributed by atoms with E-state index in [1.807, 2.05) is 36.1 Å². The van der Waals surface area contributed by atoms with Crippen LogP contribution in [0.5, 0.6) is 0 Å². The number of aromatic amines is 1. The first-order valence-corrected chi connectivity index (χ1v) is 8.84. The van der Waals surface area contributed by atoms with Crippen molar-refractivity contribution in [3.63, 3.8) is 0 Å². The number of carbonyl (C=O) groups excluding carboxylic acids is 2. The Kier molecular flexibility index (Phi) is 4.24. The molecule has 0 atom stereocenters. The van der Waals surface area contributed by atoms with Crippen LogP contribution in [0.15, 0.2) is 47.1 Å². The number of aromatic nitrogens is 1. The van der Waals surface area contributed by atoms with Gasteiger partial charge in [-0.15, -0.1) is 0 Å². The zero-order valence-corrected chi connectivity index (χ0v) is 14.7. The number of furan rings is 1. The third kappa shape index (κ3) is 2.87. The molecule has 6 heteroatoms. The molecule has 2 amide bonds. The number of H-pyrrole nitrogens is 1. The molecule has 134 valence electrons. The average Bonchev–Trinajstić information content (AvgIpc) is 3.21. The molecule has 26 heavy (non-hydrogen) atoms. The van der Waals surface area contributed by atoms with Crippen LogP contribution in [0, 0.1) is 6.92 Å². The van der Waals surface area contributed by atoms with E-state index in [9.17, 15) is 9.59 Å². The Bertz CT molecular complexity index is 943. The number of carbonyl (C=O) groups is 2. The van der Waals surface area contributed by atoms with E-state index in [1.165, 1.54) is 6.26 Å². The number of para-hydroxylation sites is 1. The molecule has 6 nitrogen and oxygen atoms in total. The first kappa shape index (κ1) is 16.4. The van der Waals surface area contributed by atoms with Crippen molar-refractivity contribution in [1.29, 1.82) is 0 Å². The number of hydrogen-bond donors (Lipinski definition) is 1. The second-order valence-corrected chi connectivity index (χ2v) is 6.59. The van der Waals surface area contributed by atoms with E-state index in [4.69, 9.17) is 4.42 Å². The number of hydrogen-bond acceptors (Lipinski definition) is 3. The smallest absolute Gasteiger partial charge is 0.289 e. The Morgan fingerprint density at radius 3 is 2.42 bits per heavy atom. The van der Waals surface area contributed by atoms with E-state index in [0.29, 0.717) is 31.9 Å². The van der Waals surface area contributed by atoms with Crippen LogP contribution in [0.3, 0.4) is 0 Å². The van der Waals surface area contributed by atoms with Crippen LogP contribution in [-0.2, 0) is 0 Å². The van der Waals surface area contributed by atoms with Crippen LogP contribution in [0.25, 0.3) is 10.9 Å². The van der Waals surface area contributed by atoms with Gasteiger partial charge in [0.25, 0.3) is 11.8 Å². The lowest BCUT2D eigenvalue weighted by Gasteiger charge is -2.22. The van der Waals surface area contributed by atoms with Gasteiger partial charge in [-0.1, -0.05) is 18.2 Å². The van der Waals surface area contributed by atoms with Gasteiger partial charge in [0.2, 0.25) is 0 Å². The number of benzene rings is 1. The van der Waals surface area contributed by atoms with Crippen LogP contribution < -0.4 is 0 Å². The molecule has 3 heterocycles. The van der Waals surface area contributed by atoms with E-state index in [-0.39, 0.29) is 11.8 Å². The maximum absolute atomic E-state index is 13.1. The van der Waals surface area contributed by atoms with Crippen molar-refractivity contribution in [3.05, 3.63) is 59.7 Å². The quantitative estimate of drug-likeness (QED) is 0.771. The summed E-state index contributed by atoms with van der Waals surface area (Å²) in [5, 5.41) is 0.947. The molecular weight excluding hydrogens is 330 g/mol. The molecule has 0 spiro atoms. The summed E-state index contributed by atoms with van der Waals surface area (Å²) in [4.78, 5) is 32.5. The normalized spacial score (nSPS) is 15.3. The summed E-state index contributed by atoms with van der Waals surface area (Å²) >= 11 is 0. The number of aryl methyl sites for hydroxylation is 1. The summed E-state index contributed by atoms with van der Waals surface area (Å²) in [6.07, 6.45) is 2.25. The van der Waals surface area contributed by atoms with Crippen molar-refractivity contribution in [2.45, 2.75) is 13.3 Å². The second kappa shape index (κ2) is 6.71. The Morgan fingerprint density at radius 1 is 0.962 bits per heavy atom. The van der Waals surface area contributed by atoms with Crippen molar-refractivity contribution in [1.82, 2.24) is 14.8 Å². The predicted molar refractivity (Wildman–Crippen MR) is 98.2 cm³/mol. The maximum atomic E-state index is 13.1. The molecule has 0 saturated carbocycles. The van der Waals surface area contributed by atoms with Gasteiger partial charge < -0.3 is 19.2 Å². The molecule has 1 aliphatic heterocycles. The highest BCUT2D eigenvalue weighted by molar-refractivity contribution is 6.08. The van der Waals surface area contributed by atoms with Gasteiger partial charge in [-0.05, 0) is 31.5 Å². The number of nitrogens with zero attached hydrogens (tertiary/aromatic N) is 2. The fraction of sp³-hybridized carbons (Fsp3) is 0.300. The van der Waals surface area contributed by atoms with Crippen molar-refractivity contribution in [2.24, 2.45) is 0 Å². The molecule has 1 fully saturated rings. The molecule has 1 N–H and O–H groups in total. The van der Waals surface area contributed by atoms with E-state index in [1.54, 1.807) is 17.0 Å². The number of rotatable bonds is 2. The minimum Gasteiger partial charge on any atom is -0.459 e. The zero-order valence-electron chi connectivity index (χ0n) is 14.7. The fourth-order valence-corrected chi connectivity index (χ4v) is 3.59. The molecule has 0 radical (unpaired) electrons. The average molecular weight is 351 g/mol. The minimum atomic E-state index is -0.118. The van der Waals surface area contributed by atoms with Gasteiger partial charge in [-0.25, -0.2) is 0 Å². The molecule has 4 rings (SSSR count). The van der Waals surface area contributed by atoms with Crippen molar-refractivity contribution >= 4 is 22.7 Å². The Hall–Kier alpha value is -3.02. The first-order valence-electron chi connectivity index (χ1n) is 8.84. The van der Waals surface area contributed by atoms with Gasteiger partial charge in [0, 0.05) is 42.8 Å². The summed E-state index contributed by atoms with van der Waals surface area (Å²) in [7, 11) is 0. The number of nitrogens with one attached hydrogen (secondary N) is 1. The molecule has 2 aromatic heterocycles. The van der Waals surface area contributed by atoms with Gasteiger partial charge in [-0.2, -0.15) is 0 Å². The Labute approximate surface area is 151 Å². The van der Waals surface area contributed by atoms with Gasteiger partial charge >= 0.3 is 0 Å². The van der Waals surface area contributed by atoms with E-state index in [2.05, 4.69) is 4.98 Å². The second-order valence-electron chi connectivity index (χ2n) is 6.59. The van der Waals surface area contributed by atoms with Crippen molar-refractivity contribution in [3.8, 4) is 0 Å². The predicted octanol–water partition coefficient (Wildman–Crippen LogP) is 3.06. The van der Waals surface area contributed by atoms with E-state index in [0.717, 1.165) is 28.6 Å². The first-order chi connectivity index (χ1) is 12.6. The Morgan fingerprint density at radius 2 is 1.69 bits per heavy atom. The van der Waals surface area contributed by atoms with Crippen LogP contribution >= 0.6 is 0 Å². The van der Waals surface area contributed by atoms with E-state index >= 15 is 0 Å². The largest absolute Gasteiger partial charge is 0.459 e. The number of amides is 2. The SMILES string of the molecule is Cc1[nH]c2ccccc2c1C(=O)N1CCCN(C(=O)c2ccco2)CC1. The number of fused-ring (bicyclic) bond motifs is 1. The zero-order chi connectivity index (χ0) is 18.1. The minimum absolute atomic E-state index is 0.0206. The van der Waals surface area contributed by atoms with Crippen molar-refractivity contribution in [2.75, 3.05) is 26.2 Å². The molecular formula is C20H21N3O3. The highest BCUT2D eigenvalue weighted by Crippen LogP contribution is 2.24. The third-order valence-electron chi connectivity index (χ3n) is 4.91. The summed E-state index contributed by atoms with van der Waals surface area (Å²) in [5.74, 6) is 0.247. The van der Waals surface area contributed by atoms with E-state index < -0.39 is 0 Å². The standard InChI is InChI=1S/C20H21N3O3/c1-14-18(15-6-2-3-7-16(15)21-14)20(25)23-10-5-9-22(11-12-23)19(24)17-8-4-13-26-17/h2-4,6-8,13,21H,5,9-12H2,1H3. The van der Waals surface area contributed by atoms with Crippen molar-refractivity contribution < 1.29 is 14.0 Å². The molecule has 0 unspecified atom stereocenters. The lowest BCUT2D eigenvalue weighted by atomic mass is 10.1. The summed E-state index contributed by atoms with van der Waals surface area (Å²) in [6.45, 7) is 4.21. The van der Waals surface area contributed by atoms with Gasteiger partial charge in [-0.3, -0.25) is 9.59 Å². The maximum Gasteiger partial charge on any atom is 0.289 e. The monoisotopic (exact) mass is 351 g/mol. The summed E-state index contributed by atoms with van der Waals surface area (Å²) in [6, 6.07) is 11.2. The van der Waals surface area contributed by atoms with Crippen LogP contribution in [0.1, 0.15) is 33.0 Å². The summed E-state index contributed by atoms with van der Waals surface area (Å²) < 4.78 is 5.21. The van der Waals surface area contributed by atoms with Gasteiger partial charge in [0.1, 0.15) is 0 Å². The van der Waals surface area contributed by atoms with Crippen LogP contribution in [0.4, 0.5) is 0 Å². The van der Waals surface area contributed by atoms with Gasteiger partial charge in [0.15, 0.2) is 5.76 Å². The molecule has 3 aromatic rings. The Balaban J connectivity index is 1.53. The molecule has 1 aromatic carbocycles. The summed E-state index contributed by atoms with van der Waals surface area (Å²) in [5.41, 5.74) is 2.58. The lowest BCUT2D eigenvalue weighted by Crippen LogP contribution is -2.37. The molecule has 0 bridgehead atoms. The fourth-order valence-electron chi connectivity index (χ4n) is 3.59.